The molecular formula is C30H30F2N4O2. The Labute approximate surface area is 219 Å². The molecule has 4 aromatic rings. The van der Waals surface area contributed by atoms with Crippen LogP contribution in [0.5, 0.6) is 5.75 Å². The highest BCUT2D eigenvalue weighted by Gasteiger charge is 2.36. The second-order valence-corrected chi connectivity index (χ2v) is 10.8. The van der Waals surface area contributed by atoms with Crippen LogP contribution in [0, 0.1) is 17.6 Å². The lowest BCUT2D eigenvalue weighted by molar-refractivity contribution is 0.380. The molecule has 2 atom stereocenters. The number of hydrogen-bond acceptors (Lipinski definition) is 5. The SMILES string of the molecule is CC(C)c1ccccc1-n1c(=O)c2c(c3cc(F)c(-c4c(O)cccc4F)nc31)N1C[C@@H](C)CC[C@@H]1CN2. The molecule has 0 aliphatic carbocycles. The molecule has 2 aliphatic rings. The maximum Gasteiger partial charge on any atom is 0.282 e. The third-order valence-corrected chi connectivity index (χ3v) is 7.85. The number of halogens is 2. The summed E-state index contributed by atoms with van der Waals surface area (Å²) in [5.41, 5.74) is 1.89. The van der Waals surface area contributed by atoms with Crippen LogP contribution in [-0.2, 0) is 0 Å². The van der Waals surface area contributed by atoms with E-state index < -0.39 is 17.4 Å². The molecule has 0 bridgehead atoms. The third-order valence-electron chi connectivity index (χ3n) is 7.85. The summed E-state index contributed by atoms with van der Waals surface area (Å²) in [5.74, 6) is -1.47. The van der Waals surface area contributed by atoms with Crippen molar-refractivity contribution in [3.63, 3.8) is 0 Å². The number of para-hydroxylation sites is 1. The van der Waals surface area contributed by atoms with Crippen molar-refractivity contribution in [2.24, 2.45) is 5.92 Å². The number of nitrogens with zero attached hydrogens (tertiary/aromatic N) is 3. The summed E-state index contributed by atoms with van der Waals surface area (Å²) in [6, 6.07) is 12.9. The van der Waals surface area contributed by atoms with E-state index in [1.165, 1.54) is 22.8 Å². The second kappa shape index (κ2) is 9.11. The first kappa shape index (κ1) is 24.4. The first-order valence-electron chi connectivity index (χ1n) is 13.1. The van der Waals surface area contributed by atoms with Gasteiger partial charge in [-0.3, -0.25) is 9.36 Å². The maximum absolute atomic E-state index is 15.8. The van der Waals surface area contributed by atoms with Crippen LogP contribution in [0.15, 0.2) is 53.3 Å². The molecule has 1 fully saturated rings. The van der Waals surface area contributed by atoms with Crippen LogP contribution in [0.25, 0.3) is 28.0 Å². The molecule has 4 heterocycles. The van der Waals surface area contributed by atoms with Crippen LogP contribution in [0.1, 0.15) is 45.1 Å². The quantitative estimate of drug-likeness (QED) is 0.340. The van der Waals surface area contributed by atoms with E-state index in [0.717, 1.165) is 31.0 Å². The third kappa shape index (κ3) is 3.73. The highest BCUT2D eigenvalue weighted by atomic mass is 19.1. The van der Waals surface area contributed by atoms with Crippen molar-refractivity contribution in [3.05, 3.63) is 76.1 Å². The Morgan fingerprint density at radius 2 is 1.87 bits per heavy atom. The van der Waals surface area contributed by atoms with E-state index in [9.17, 15) is 14.3 Å². The monoisotopic (exact) mass is 516 g/mol. The van der Waals surface area contributed by atoms with Gasteiger partial charge in [-0.1, -0.05) is 45.0 Å². The first-order valence-corrected chi connectivity index (χ1v) is 13.1. The van der Waals surface area contributed by atoms with E-state index in [2.05, 4.69) is 22.1 Å². The minimum atomic E-state index is -0.795. The van der Waals surface area contributed by atoms with Crippen LogP contribution in [0.3, 0.4) is 0 Å². The van der Waals surface area contributed by atoms with Gasteiger partial charge in [-0.15, -0.1) is 0 Å². The number of aromatic hydroxyl groups is 1. The van der Waals surface area contributed by atoms with Crippen molar-refractivity contribution in [3.8, 4) is 22.7 Å². The number of piperidine rings is 1. The maximum atomic E-state index is 15.8. The Morgan fingerprint density at radius 1 is 1.08 bits per heavy atom. The number of fused-ring (bicyclic) bond motifs is 5. The molecule has 2 aliphatic heterocycles. The summed E-state index contributed by atoms with van der Waals surface area (Å²) in [7, 11) is 0. The van der Waals surface area contributed by atoms with E-state index in [0.29, 0.717) is 34.9 Å². The van der Waals surface area contributed by atoms with Crippen molar-refractivity contribution in [2.75, 3.05) is 23.3 Å². The number of anilines is 2. The molecule has 2 aromatic heterocycles. The predicted octanol–water partition coefficient (Wildman–Crippen LogP) is 6.19. The summed E-state index contributed by atoms with van der Waals surface area (Å²) in [5, 5.41) is 14.3. The Kier molecular flexibility index (Phi) is 5.85. The summed E-state index contributed by atoms with van der Waals surface area (Å²) in [4.78, 5) is 21.1. The van der Waals surface area contributed by atoms with Crippen molar-refractivity contribution in [2.45, 2.75) is 45.6 Å². The van der Waals surface area contributed by atoms with Crippen LogP contribution >= 0.6 is 0 Å². The largest absolute Gasteiger partial charge is 0.507 e. The number of nitrogens with one attached hydrogen (secondary N) is 1. The lowest BCUT2D eigenvalue weighted by Gasteiger charge is -2.45. The van der Waals surface area contributed by atoms with Gasteiger partial charge in [-0.2, -0.15) is 0 Å². The molecule has 2 N–H and O–H groups in total. The van der Waals surface area contributed by atoms with Gasteiger partial charge in [0, 0.05) is 24.5 Å². The molecule has 0 unspecified atom stereocenters. The molecule has 1 saturated heterocycles. The Morgan fingerprint density at radius 3 is 2.63 bits per heavy atom. The van der Waals surface area contributed by atoms with E-state index in [1.807, 2.05) is 38.1 Å². The van der Waals surface area contributed by atoms with Gasteiger partial charge in [0.05, 0.1) is 16.9 Å². The molecule has 0 amide bonds. The minimum Gasteiger partial charge on any atom is -0.507 e. The fourth-order valence-electron chi connectivity index (χ4n) is 5.97. The van der Waals surface area contributed by atoms with Gasteiger partial charge in [0.15, 0.2) is 11.5 Å². The van der Waals surface area contributed by atoms with E-state index >= 15 is 4.39 Å². The van der Waals surface area contributed by atoms with Crippen LogP contribution in [-0.4, -0.2) is 33.8 Å². The lowest BCUT2D eigenvalue weighted by atomic mass is 9.91. The molecule has 0 saturated carbocycles. The number of hydrogen-bond donors (Lipinski definition) is 2. The number of rotatable bonds is 3. The van der Waals surface area contributed by atoms with Crippen LogP contribution in [0.4, 0.5) is 20.2 Å². The van der Waals surface area contributed by atoms with Crippen molar-refractivity contribution in [1.82, 2.24) is 9.55 Å². The average Bonchev–Trinajstić information content (AvgIpc) is 2.89. The fourth-order valence-corrected chi connectivity index (χ4v) is 5.97. The number of phenols is 1. The fraction of sp³-hybridized carbons (Fsp3) is 0.333. The topological polar surface area (TPSA) is 70.4 Å². The molecule has 0 spiro atoms. The zero-order chi connectivity index (χ0) is 26.7. The Bertz CT molecular complexity index is 1610. The zero-order valence-corrected chi connectivity index (χ0v) is 21.6. The number of pyridine rings is 2. The van der Waals surface area contributed by atoms with Gasteiger partial charge < -0.3 is 15.3 Å². The molecule has 196 valence electrons. The van der Waals surface area contributed by atoms with Crippen molar-refractivity contribution >= 4 is 22.4 Å². The van der Waals surface area contributed by atoms with Crippen LogP contribution < -0.4 is 15.8 Å². The van der Waals surface area contributed by atoms with Gasteiger partial charge in [0.1, 0.15) is 22.9 Å². The van der Waals surface area contributed by atoms with Crippen molar-refractivity contribution < 1.29 is 13.9 Å². The minimum absolute atomic E-state index is 0.0972. The second-order valence-electron chi connectivity index (χ2n) is 10.8. The van der Waals surface area contributed by atoms with Gasteiger partial charge in [0.25, 0.3) is 5.56 Å². The molecular weight excluding hydrogens is 486 g/mol. The molecule has 6 rings (SSSR count). The molecule has 8 heteroatoms. The zero-order valence-electron chi connectivity index (χ0n) is 21.6. The van der Waals surface area contributed by atoms with Crippen LogP contribution in [0.2, 0.25) is 0 Å². The smallest absolute Gasteiger partial charge is 0.282 e. The highest BCUT2D eigenvalue weighted by molar-refractivity contribution is 5.99. The van der Waals surface area contributed by atoms with Gasteiger partial charge in [-0.05, 0) is 54.5 Å². The summed E-state index contributed by atoms with van der Waals surface area (Å²) in [6.07, 6.45) is 2.05. The molecule has 6 nitrogen and oxygen atoms in total. The molecule has 38 heavy (non-hydrogen) atoms. The Balaban J connectivity index is 1.75. The summed E-state index contributed by atoms with van der Waals surface area (Å²) < 4.78 is 32.2. The van der Waals surface area contributed by atoms with E-state index in [4.69, 9.17) is 0 Å². The number of aromatic nitrogens is 2. The normalized spacial score (nSPS) is 18.8. The van der Waals surface area contributed by atoms with E-state index in [-0.39, 0.29) is 34.4 Å². The predicted molar refractivity (Wildman–Crippen MR) is 146 cm³/mol. The van der Waals surface area contributed by atoms with E-state index in [1.54, 1.807) is 0 Å². The lowest BCUT2D eigenvalue weighted by Crippen LogP contribution is -2.51. The van der Waals surface area contributed by atoms with Gasteiger partial charge in [0.2, 0.25) is 0 Å². The molecule has 0 radical (unpaired) electrons. The van der Waals surface area contributed by atoms with Gasteiger partial charge in [-0.25, -0.2) is 13.8 Å². The average molecular weight is 517 g/mol. The Hall–Kier alpha value is -3.94. The van der Waals surface area contributed by atoms with Gasteiger partial charge >= 0.3 is 0 Å². The summed E-state index contributed by atoms with van der Waals surface area (Å²) >= 11 is 0. The molecule has 2 aromatic carbocycles. The highest BCUT2D eigenvalue weighted by Crippen LogP contribution is 2.42. The first-order chi connectivity index (χ1) is 18.3. The standard InChI is InChI=1S/C30H30F2N4O2/c1-16(2)19-7-4-5-9-23(19)36-29-20(13-22(32)26(34-29)25-21(31)8-6-10-24(25)37)28-27(30(36)38)33-14-18-12-11-17(3)15-35(18)28/h4-10,13,16-18,33,37H,11-12,14-15H2,1-3H3/t17-,18+/m0/s1. The van der Waals surface area contributed by atoms with Crippen molar-refractivity contribution in [1.29, 1.82) is 0 Å². The summed E-state index contributed by atoms with van der Waals surface area (Å²) in [6.45, 7) is 7.64. The number of benzene rings is 2. The number of phenolic OH excluding ortho intramolecular Hbond substituents is 1.